The second-order valence-electron chi connectivity index (χ2n) is 13.5. The largest absolute Gasteiger partial charge is 1.00 e. The molecule has 0 amide bonds. The van der Waals surface area contributed by atoms with Gasteiger partial charge in [-0.1, -0.05) is 126 Å². The zero-order valence-corrected chi connectivity index (χ0v) is 31.6. The Labute approximate surface area is 298 Å². The fourth-order valence-electron chi connectivity index (χ4n) is 5.31. The molecule has 234 valence electrons. The third-order valence-electron chi connectivity index (χ3n) is 7.91. The van der Waals surface area contributed by atoms with Crippen molar-refractivity contribution >= 4 is 9.28 Å². The normalized spacial score (nSPS) is 14.5. The first-order valence-electron chi connectivity index (χ1n) is 15.1. The second-order valence-corrected chi connectivity index (χ2v) is 14.2. The van der Waals surface area contributed by atoms with E-state index < -0.39 is 0 Å². The molecule has 0 aliphatic heterocycles. The monoisotopic (exact) mass is 714 g/mol. The zero-order valence-electron chi connectivity index (χ0n) is 27.7. The van der Waals surface area contributed by atoms with Crippen molar-refractivity contribution < 1.29 is 53.4 Å². The molecular weight excluding hydrogens is 674 g/mol. The molecule has 0 spiro atoms. The van der Waals surface area contributed by atoms with E-state index in [0.717, 1.165) is 12.0 Å². The van der Waals surface area contributed by atoms with Crippen LogP contribution in [0.15, 0.2) is 96.6 Å². The number of benzene rings is 4. The Hall–Kier alpha value is -2.38. The minimum atomic E-state index is -0.170. The summed E-state index contributed by atoms with van der Waals surface area (Å²) in [5.41, 5.74) is 13.8. The van der Waals surface area contributed by atoms with Gasteiger partial charge >= 0.3 is 68.0 Å². The Morgan fingerprint density at radius 3 is 1.93 bits per heavy atom. The number of halogens is 3. The summed E-state index contributed by atoms with van der Waals surface area (Å²) in [6.45, 7) is 17.9. The smallest absolute Gasteiger partial charge is 1.00 e. The molecule has 0 nitrogen and oxygen atoms in total. The third-order valence-corrected chi connectivity index (χ3v) is 8.73. The standard InChI is InChI=1S/C21H25.C13H13.C7H5F.2ClH.Zr/c1-20(2,3)16-9-7-14-11-15-8-10-17(21(4,5)6)13-19(15)18(14)12-16;1-10-8-11(2)13(9-10)12-6-4-3-5-7-12;1-6-2-4-7(8)5-3-6;;;/h7,9-10,12-13H,11H2,1-6H3;3-7,9-10H,1-2H3;1-5H;2*1H;/q2*-1;;;;+2/p-2. The van der Waals surface area contributed by atoms with E-state index in [1.54, 1.807) is 12.1 Å². The van der Waals surface area contributed by atoms with Gasteiger partial charge in [0.15, 0.2) is 0 Å². The van der Waals surface area contributed by atoms with Crippen LogP contribution in [0.4, 0.5) is 4.39 Å². The van der Waals surface area contributed by atoms with Crippen LogP contribution in [0.3, 0.4) is 0 Å². The van der Waals surface area contributed by atoms with E-state index in [1.165, 1.54) is 86.5 Å². The van der Waals surface area contributed by atoms with Gasteiger partial charge < -0.3 is 24.8 Å². The van der Waals surface area contributed by atoms with E-state index in [0.29, 0.717) is 5.92 Å². The first-order valence-corrected chi connectivity index (χ1v) is 16.5. The molecular formula is C41H43Cl2FZr-2. The van der Waals surface area contributed by atoms with Crippen LogP contribution < -0.4 is 24.8 Å². The molecule has 45 heavy (non-hydrogen) atoms. The summed E-state index contributed by atoms with van der Waals surface area (Å²) in [6, 6.07) is 32.0. The van der Waals surface area contributed by atoms with Crippen LogP contribution in [0.25, 0.3) is 16.7 Å². The summed E-state index contributed by atoms with van der Waals surface area (Å²) in [7, 11) is 0. The van der Waals surface area contributed by atoms with Crippen LogP contribution in [-0.2, 0) is 41.5 Å². The second kappa shape index (κ2) is 16.4. The molecule has 0 N–H and O–H groups in total. The van der Waals surface area contributed by atoms with E-state index >= 15 is 0 Å². The summed E-state index contributed by atoms with van der Waals surface area (Å²) in [5, 5.41) is 0. The molecule has 0 aromatic heterocycles. The van der Waals surface area contributed by atoms with Crippen LogP contribution in [0, 0.1) is 23.9 Å². The van der Waals surface area contributed by atoms with Crippen molar-refractivity contribution in [1.82, 2.24) is 0 Å². The van der Waals surface area contributed by atoms with Crippen molar-refractivity contribution in [2.75, 3.05) is 0 Å². The van der Waals surface area contributed by atoms with E-state index in [1.807, 2.05) is 9.78 Å². The molecule has 4 aromatic rings. The molecule has 0 radical (unpaired) electrons. The van der Waals surface area contributed by atoms with Gasteiger partial charge in [-0.3, -0.25) is 6.08 Å². The van der Waals surface area contributed by atoms with Crippen molar-refractivity contribution in [3.63, 3.8) is 0 Å². The van der Waals surface area contributed by atoms with Crippen molar-refractivity contribution in [3.05, 3.63) is 148 Å². The fourth-order valence-corrected chi connectivity index (χ4v) is 5.78. The SMILES string of the molecule is CC(C)(C)c1c[c-]c2c(c1)-c1cc(C(C)(C)C)ccc1C2.CC1=[C-]C(C)C=C1c1ccccc1.Fc1ccc([CH]=[Zr+2])cc1.[Cl-].[Cl-]. The average molecular weight is 717 g/mol. The Morgan fingerprint density at radius 2 is 1.40 bits per heavy atom. The minimum Gasteiger partial charge on any atom is -1.00 e. The van der Waals surface area contributed by atoms with Gasteiger partial charge in [-0.2, -0.15) is 41.0 Å². The van der Waals surface area contributed by atoms with Crippen LogP contribution in [0.5, 0.6) is 0 Å². The van der Waals surface area contributed by atoms with Gasteiger partial charge in [0.05, 0.1) is 0 Å². The van der Waals surface area contributed by atoms with Crippen molar-refractivity contribution in [2.45, 2.75) is 72.6 Å². The maximum absolute atomic E-state index is 12.2. The minimum absolute atomic E-state index is 0. The molecule has 1 unspecified atom stereocenters. The van der Waals surface area contributed by atoms with Gasteiger partial charge in [-0.25, -0.2) is 5.57 Å². The third kappa shape index (κ3) is 10.3. The molecule has 0 bridgehead atoms. The van der Waals surface area contributed by atoms with Crippen molar-refractivity contribution in [2.24, 2.45) is 5.92 Å². The molecule has 2 aliphatic carbocycles. The fraction of sp³-hybridized carbons (Fsp3) is 0.293. The number of allylic oxidation sites excluding steroid dienone is 4. The van der Waals surface area contributed by atoms with Gasteiger partial charge in [0, 0.05) is 0 Å². The molecule has 1 atom stereocenters. The van der Waals surface area contributed by atoms with Gasteiger partial charge in [0.1, 0.15) is 0 Å². The number of hydrogen-bond acceptors (Lipinski definition) is 0. The maximum atomic E-state index is 12.2. The predicted molar refractivity (Wildman–Crippen MR) is 178 cm³/mol. The molecule has 0 saturated heterocycles. The Kier molecular flexibility index (Phi) is 14.2. The van der Waals surface area contributed by atoms with Crippen LogP contribution in [0.1, 0.15) is 88.8 Å². The number of fused-ring (bicyclic) bond motifs is 3. The molecule has 6 rings (SSSR count). The molecule has 0 fully saturated rings. The summed E-state index contributed by atoms with van der Waals surface area (Å²) < 4.78 is 14.2. The van der Waals surface area contributed by atoms with Gasteiger partial charge in [-0.05, 0) is 17.4 Å². The summed E-state index contributed by atoms with van der Waals surface area (Å²) in [4.78, 5) is 0. The average Bonchev–Trinajstić information content (AvgIpc) is 3.51. The first-order chi connectivity index (χ1) is 20.3. The van der Waals surface area contributed by atoms with Gasteiger partial charge in [0.2, 0.25) is 0 Å². The van der Waals surface area contributed by atoms with E-state index in [2.05, 4.69) is 128 Å². The van der Waals surface area contributed by atoms with Crippen LogP contribution in [0.2, 0.25) is 0 Å². The quantitative estimate of drug-likeness (QED) is 0.234. The van der Waals surface area contributed by atoms with Gasteiger partial charge in [0.25, 0.3) is 0 Å². The van der Waals surface area contributed by atoms with E-state index in [4.69, 9.17) is 0 Å². The van der Waals surface area contributed by atoms with Crippen LogP contribution >= 0.6 is 0 Å². The van der Waals surface area contributed by atoms with Gasteiger partial charge in [-0.15, -0.1) is 11.1 Å². The Bertz CT molecular complexity index is 1570. The molecule has 0 heterocycles. The Morgan fingerprint density at radius 1 is 0.800 bits per heavy atom. The Balaban J connectivity index is 0.000000252. The van der Waals surface area contributed by atoms with Crippen molar-refractivity contribution in [1.29, 1.82) is 0 Å². The predicted octanol–water partition coefficient (Wildman–Crippen LogP) is 4.65. The topological polar surface area (TPSA) is 0 Å². The van der Waals surface area contributed by atoms with Crippen molar-refractivity contribution in [3.8, 4) is 11.1 Å². The summed E-state index contributed by atoms with van der Waals surface area (Å²) >= 11 is 1.34. The van der Waals surface area contributed by atoms with E-state index in [-0.39, 0.29) is 41.5 Å². The molecule has 2 aliphatic rings. The zero-order chi connectivity index (χ0) is 31.4. The maximum Gasteiger partial charge on any atom is -1.00 e. The number of rotatable bonds is 2. The molecule has 4 aromatic carbocycles. The first kappa shape index (κ1) is 38.8. The van der Waals surface area contributed by atoms with Crippen LogP contribution in [-0.4, -0.2) is 3.71 Å². The summed E-state index contributed by atoms with van der Waals surface area (Å²) in [6.07, 6.45) is 6.69. The summed E-state index contributed by atoms with van der Waals surface area (Å²) in [5.74, 6) is 0.298. The van der Waals surface area contributed by atoms with E-state index in [9.17, 15) is 4.39 Å². The molecule has 4 heteroatoms. The molecule has 0 saturated carbocycles. The number of hydrogen-bond donors (Lipinski definition) is 0.